The molecule has 6 heteroatoms. The third-order valence-electron chi connectivity index (χ3n) is 5.75. The number of guanidine groups is 1. The Balaban J connectivity index is 0.00000392. The predicted octanol–water partition coefficient (Wildman–Crippen LogP) is 4.05. The van der Waals surface area contributed by atoms with Crippen LogP contribution in [-0.2, 0) is 0 Å². The number of benzene rings is 1. The van der Waals surface area contributed by atoms with Gasteiger partial charge in [-0.15, -0.1) is 24.0 Å². The number of likely N-dealkylation sites (tertiary alicyclic amines) is 1. The van der Waals surface area contributed by atoms with Gasteiger partial charge in [0.15, 0.2) is 5.96 Å². The minimum atomic E-state index is 0. The third-order valence-corrected chi connectivity index (χ3v) is 5.75. The Kier molecular flexibility index (Phi) is 11.8. The maximum atomic E-state index is 5.24. The Bertz CT molecular complexity index is 574. The summed E-state index contributed by atoms with van der Waals surface area (Å²) in [5, 5.41) is 3.57. The fourth-order valence-electron chi connectivity index (χ4n) is 3.85. The molecule has 1 saturated heterocycles. The van der Waals surface area contributed by atoms with Crippen LogP contribution in [0.25, 0.3) is 0 Å². The number of aliphatic imine (C=N–C) groups is 1. The summed E-state index contributed by atoms with van der Waals surface area (Å²) in [6.45, 7) is 13.4. The summed E-state index contributed by atoms with van der Waals surface area (Å²) in [5.74, 6) is 3.23. The van der Waals surface area contributed by atoms with Crippen molar-refractivity contribution in [1.29, 1.82) is 0 Å². The van der Waals surface area contributed by atoms with Crippen molar-refractivity contribution in [2.24, 2.45) is 10.9 Å². The molecule has 0 aliphatic carbocycles. The highest BCUT2D eigenvalue weighted by atomic mass is 127. The first kappa shape index (κ1) is 25.0. The Morgan fingerprint density at radius 2 is 1.96 bits per heavy atom. The Hall–Kier alpha value is -1.02. The first-order valence-electron chi connectivity index (χ1n) is 10.4. The summed E-state index contributed by atoms with van der Waals surface area (Å²) in [6, 6.07) is 8.41. The van der Waals surface area contributed by atoms with Crippen molar-refractivity contribution < 1.29 is 4.74 Å². The fraction of sp³-hybridized carbons (Fsp3) is 0.682. The normalized spacial score (nSPS) is 18.1. The zero-order valence-electron chi connectivity index (χ0n) is 18.3. The fourth-order valence-corrected chi connectivity index (χ4v) is 3.85. The topological polar surface area (TPSA) is 40.1 Å². The van der Waals surface area contributed by atoms with Gasteiger partial charge in [-0.1, -0.05) is 32.9 Å². The second-order valence-electron chi connectivity index (χ2n) is 7.52. The van der Waals surface area contributed by atoms with Gasteiger partial charge < -0.3 is 19.9 Å². The van der Waals surface area contributed by atoms with Crippen LogP contribution in [0.3, 0.4) is 0 Å². The third kappa shape index (κ3) is 7.43. The van der Waals surface area contributed by atoms with Crippen LogP contribution in [0.5, 0.6) is 5.75 Å². The van der Waals surface area contributed by atoms with Gasteiger partial charge >= 0.3 is 0 Å². The van der Waals surface area contributed by atoms with E-state index in [2.05, 4.69) is 53.0 Å². The van der Waals surface area contributed by atoms with Crippen LogP contribution in [-0.4, -0.2) is 69.2 Å². The molecule has 2 rings (SSSR count). The van der Waals surface area contributed by atoms with Crippen molar-refractivity contribution in [3.8, 4) is 5.75 Å². The molecule has 1 aliphatic rings. The van der Waals surface area contributed by atoms with Crippen molar-refractivity contribution in [2.75, 3.05) is 53.4 Å². The number of methoxy groups -OCH3 is 1. The number of nitrogens with one attached hydrogen (secondary N) is 1. The van der Waals surface area contributed by atoms with Crippen LogP contribution >= 0.6 is 24.0 Å². The number of halogens is 1. The lowest BCUT2D eigenvalue weighted by Crippen LogP contribution is -2.41. The van der Waals surface area contributed by atoms with Crippen LogP contribution in [0, 0.1) is 5.92 Å². The van der Waals surface area contributed by atoms with E-state index < -0.39 is 0 Å². The number of hydrogen-bond acceptors (Lipinski definition) is 3. The zero-order chi connectivity index (χ0) is 19.6. The van der Waals surface area contributed by atoms with Crippen LogP contribution in [0.1, 0.15) is 45.1 Å². The first-order valence-corrected chi connectivity index (χ1v) is 10.4. The Morgan fingerprint density at radius 1 is 1.29 bits per heavy atom. The monoisotopic (exact) mass is 502 g/mol. The van der Waals surface area contributed by atoms with E-state index in [-0.39, 0.29) is 24.0 Å². The van der Waals surface area contributed by atoms with Crippen LogP contribution in [0.2, 0.25) is 0 Å². The molecule has 5 nitrogen and oxygen atoms in total. The number of rotatable bonds is 9. The molecule has 1 fully saturated rings. The van der Waals surface area contributed by atoms with Gasteiger partial charge in [0.25, 0.3) is 0 Å². The molecule has 1 aromatic rings. The minimum absolute atomic E-state index is 0. The molecular weight excluding hydrogens is 463 g/mol. The van der Waals surface area contributed by atoms with Crippen molar-refractivity contribution >= 4 is 29.9 Å². The smallest absolute Gasteiger partial charge is 0.193 e. The molecule has 1 aromatic carbocycles. The molecule has 2 atom stereocenters. The van der Waals surface area contributed by atoms with Gasteiger partial charge in [0, 0.05) is 33.2 Å². The molecule has 1 heterocycles. The van der Waals surface area contributed by atoms with Gasteiger partial charge in [0.1, 0.15) is 5.75 Å². The van der Waals surface area contributed by atoms with E-state index in [9.17, 15) is 0 Å². The lowest BCUT2D eigenvalue weighted by molar-refractivity contribution is 0.255. The number of nitrogens with zero attached hydrogens (tertiary/aromatic N) is 3. The quantitative estimate of drug-likeness (QED) is 0.314. The minimum Gasteiger partial charge on any atom is -0.497 e. The number of hydrogen-bond donors (Lipinski definition) is 1. The summed E-state index contributed by atoms with van der Waals surface area (Å²) in [7, 11) is 3.60. The predicted molar refractivity (Wildman–Crippen MR) is 130 cm³/mol. The standard InChI is InChI=1S/C22H38N4O.HI/c1-6-25(7-2)16-19-13-15-26(17-19)22(23-4)24-14-12-18(3)20-8-10-21(27-5)11-9-20;/h8-11,18-19H,6-7,12-17H2,1-5H3,(H,23,24);1H. The van der Waals surface area contributed by atoms with Gasteiger partial charge in [0.05, 0.1) is 7.11 Å². The van der Waals surface area contributed by atoms with E-state index in [4.69, 9.17) is 4.74 Å². The van der Waals surface area contributed by atoms with Crippen molar-refractivity contribution in [1.82, 2.24) is 15.1 Å². The second-order valence-corrected chi connectivity index (χ2v) is 7.52. The summed E-state index contributed by atoms with van der Waals surface area (Å²) >= 11 is 0. The molecule has 0 amide bonds. The molecule has 1 N–H and O–H groups in total. The van der Waals surface area contributed by atoms with Crippen molar-refractivity contribution in [3.05, 3.63) is 29.8 Å². The molecule has 0 aromatic heterocycles. The van der Waals surface area contributed by atoms with E-state index in [0.29, 0.717) is 5.92 Å². The van der Waals surface area contributed by atoms with Gasteiger partial charge in [0.2, 0.25) is 0 Å². The molecule has 0 saturated carbocycles. The summed E-state index contributed by atoms with van der Waals surface area (Å²) in [6.07, 6.45) is 2.35. The highest BCUT2D eigenvalue weighted by Crippen LogP contribution is 2.22. The summed E-state index contributed by atoms with van der Waals surface area (Å²) < 4.78 is 5.24. The summed E-state index contributed by atoms with van der Waals surface area (Å²) in [5.41, 5.74) is 1.35. The highest BCUT2D eigenvalue weighted by molar-refractivity contribution is 14.0. The average Bonchev–Trinajstić information content (AvgIpc) is 3.17. The maximum Gasteiger partial charge on any atom is 0.193 e. The Morgan fingerprint density at radius 3 is 2.54 bits per heavy atom. The lowest BCUT2D eigenvalue weighted by atomic mass is 9.98. The van der Waals surface area contributed by atoms with Gasteiger partial charge in [-0.25, -0.2) is 0 Å². The average molecular weight is 502 g/mol. The molecule has 2 unspecified atom stereocenters. The van der Waals surface area contributed by atoms with Crippen molar-refractivity contribution in [3.63, 3.8) is 0 Å². The molecule has 1 aliphatic heterocycles. The van der Waals surface area contributed by atoms with Gasteiger partial charge in [-0.2, -0.15) is 0 Å². The van der Waals surface area contributed by atoms with Crippen molar-refractivity contribution in [2.45, 2.75) is 39.5 Å². The van der Waals surface area contributed by atoms with E-state index >= 15 is 0 Å². The molecule has 0 spiro atoms. The highest BCUT2D eigenvalue weighted by Gasteiger charge is 2.25. The van der Waals surface area contributed by atoms with E-state index in [1.54, 1.807) is 7.11 Å². The van der Waals surface area contributed by atoms with Crippen LogP contribution < -0.4 is 10.1 Å². The molecule has 0 bridgehead atoms. The zero-order valence-corrected chi connectivity index (χ0v) is 20.6. The Labute approximate surface area is 188 Å². The van der Waals surface area contributed by atoms with Crippen LogP contribution in [0.4, 0.5) is 0 Å². The van der Waals surface area contributed by atoms with E-state index in [1.165, 1.54) is 18.5 Å². The largest absolute Gasteiger partial charge is 0.497 e. The second kappa shape index (κ2) is 13.2. The first-order chi connectivity index (χ1) is 13.1. The van der Waals surface area contributed by atoms with Crippen LogP contribution in [0.15, 0.2) is 29.3 Å². The SMILES string of the molecule is CCN(CC)CC1CCN(C(=NC)NCCC(C)c2ccc(OC)cc2)C1.I. The molecule has 0 radical (unpaired) electrons. The summed E-state index contributed by atoms with van der Waals surface area (Å²) in [4.78, 5) is 9.47. The lowest BCUT2D eigenvalue weighted by Gasteiger charge is -2.24. The van der Waals surface area contributed by atoms with Gasteiger partial charge in [-0.3, -0.25) is 4.99 Å². The molecule has 28 heavy (non-hydrogen) atoms. The molecular formula is C22H39IN4O. The molecule has 160 valence electrons. The number of ether oxygens (including phenoxy) is 1. The van der Waals surface area contributed by atoms with E-state index in [0.717, 1.165) is 56.8 Å². The van der Waals surface area contributed by atoms with Gasteiger partial charge in [-0.05, 0) is 55.5 Å². The maximum absolute atomic E-state index is 5.24. The van der Waals surface area contributed by atoms with E-state index in [1.807, 2.05) is 19.2 Å².